The molecule has 0 aromatic heterocycles. The summed E-state index contributed by atoms with van der Waals surface area (Å²) in [6.45, 7) is 4.28. The van der Waals surface area contributed by atoms with Gasteiger partial charge in [0.2, 0.25) is 5.91 Å². The van der Waals surface area contributed by atoms with Crippen molar-refractivity contribution in [3.8, 4) is 0 Å². The van der Waals surface area contributed by atoms with Gasteiger partial charge >= 0.3 is 0 Å². The molecule has 4 heteroatoms. The molecule has 1 amide bonds. The molecule has 0 aromatic rings. The number of amides is 1. The van der Waals surface area contributed by atoms with Gasteiger partial charge in [-0.15, -0.1) is 0 Å². The van der Waals surface area contributed by atoms with E-state index < -0.39 is 12.1 Å². The lowest BCUT2D eigenvalue weighted by atomic mass is 10.0. The Morgan fingerprint density at radius 3 is 1.08 bits per heavy atom. The van der Waals surface area contributed by atoms with Crippen molar-refractivity contribution >= 4 is 5.91 Å². The van der Waals surface area contributed by atoms with Crippen LogP contribution in [0, 0.1) is 0 Å². The van der Waals surface area contributed by atoms with Crippen LogP contribution in [0.25, 0.3) is 0 Å². The highest BCUT2D eigenvalue weighted by atomic mass is 16.3. The van der Waals surface area contributed by atoms with Gasteiger partial charge in [0, 0.05) is 6.42 Å². The molecular formula is C55H103NO3. The van der Waals surface area contributed by atoms with Gasteiger partial charge in [0.15, 0.2) is 0 Å². The number of aliphatic hydroxyl groups excluding tert-OH is 2. The molecule has 0 bridgehead atoms. The molecule has 2 atom stereocenters. The van der Waals surface area contributed by atoms with E-state index in [9.17, 15) is 15.0 Å². The lowest BCUT2D eigenvalue weighted by Crippen LogP contribution is -2.45. The molecule has 0 heterocycles. The number of carbonyl (C=O) groups excluding carboxylic acids is 1. The summed E-state index contributed by atoms with van der Waals surface area (Å²) in [6, 6.07) is -0.636. The molecular weight excluding hydrogens is 723 g/mol. The summed E-state index contributed by atoms with van der Waals surface area (Å²) in [6.07, 6.45) is 69.9. The van der Waals surface area contributed by atoms with Crippen LogP contribution in [0.4, 0.5) is 0 Å². The molecule has 0 rings (SSSR count). The van der Waals surface area contributed by atoms with Gasteiger partial charge in [-0.05, 0) is 64.2 Å². The van der Waals surface area contributed by atoms with Gasteiger partial charge in [0.05, 0.1) is 18.8 Å². The van der Waals surface area contributed by atoms with Crippen molar-refractivity contribution in [3.63, 3.8) is 0 Å². The summed E-state index contributed by atoms with van der Waals surface area (Å²) >= 11 is 0. The smallest absolute Gasteiger partial charge is 0.220 e. The Bertz CT molecular complexity index is 939. The zero-order valence-corrected chi connectivity index (χ0v) is 39.8. The van der Waals surface area contributed by atoms with E-state index in [1.165, 1.54) is 218 Å². The monoisotopic (exact) mass is 826 g/mol. The maximum absolute atomic E-state index is 12.4. The van der Waals surface area contributed by atoms with Gasteiger partial charge < -0.3 is 15.5 Å². The molecule has 59 heavy (non-hydrogen) atoms. The summed E-state index contributed by atoms with van der Waals surface area (Å²) in [5.74, 6) is -0.0717. The Hall–Kier alpha value is -1.65. The number of hydrogen-bond donors (Lipinski definition) is 3. The zero-order valence-electron chi connectivity index (χ0n) is 39.8. The fraction of sp³-hybridized carbons (Fsp3) is 0.836. The maximum Gasteiger partial charge on any atom is 0.220 e. The molecule has 0 aliphatic carbocycles. The van der Waals surface area contributed by atoms with Crippen LogP contribution < -0.4 is 5.32 Å². The average Bonchev–Trinajstić information content (AvgIpc) is 3.24. The van der Waals surface area contributed by atoms with Crippen molar-refractivity contribution < 1.29 is 15.0 Å². The van der Waals surface area contributed by atoms with Gasteiger partial charge in [0.25, 0.3) is 0 Å². The normalized spacial score (nSPS) is 13.2. The van der Waals surface area contributed by atoms with E-state index in [2.05, 4.69) is 55.6 Å². The van der Waals surface area contributed by atoms with Crippen molar-refractivity contribution in [2.24, 2.45) is 0 Å². The Balaban J connectivity index is 3.42. The summed E-state index contributed by atoms with van der Waals surface area (Å²) in [5, 5.41) is 23.0. The van der Waals surface area contributed by atoms with Crippen LogP contribution in [0.1, 0.15) is 277 Å². The van der Waals surface area contributed by atoms with Crippen molar-refractivity contribution in [2.75, 3.05) is 6.61 Å². The number of rotatable bonds is 48. The van der Waals surface area contributed by atoms with Crippen LogP contribution in [-0.4, -0.2) is 34.9 Å². The maximum atomic E-state index is 12.4. The Labute approximate surface area is 369 Å². The number of allylic oxidation sites excluding steroid dienone is 7. The Morgan fingerprint density at radius 1 is 0.407 bits per heavy atom. The van der Waals surface area contributed by atoms with E-state index in [1.54, 1.807) is 6.08 Å². The number of unbranched alkanes of at least 4 members (excludes halogenated alkanes) is 35. The van der Waals surface area contributed by atoms with Crippen LogP contribution >= 0.6 is 0 Å². The van der Waals surface area contributed by atoms with Gasteiger partial charge in [-0.25, -0.2) is 0 Å². The second-order valence-corrected chi connectivity index (χ2v) is 17.9. The summed E-state index contributed by atoms with van der Waals surface area (Å²) in [5.41, 5.74) is 0. The van der Waals surface area contributed by atoms with Crippen LogP contribution in [0.2, 0.25) is 0 Å². The third kappa shape index (κ3) is 47.3. The third-order valence-corrected chi connectivity index (χ3v) is 12.0. The summed E-state index contributed by atoms with van der Waals surface area (Å²) in [4.78, 5) is 12.4. The first-order valence-corrected chi connectivity index (χ1v) is 26.4. The lowest BCUT2D eigenvalue weighted by molar-refractivity contribution is -0.123. The number of nitrogens with one attached hydrogen (secondary N) is 1. The van der Waals surface area contributed by atoms with Crippen molar-refractivity contribution in [1.29, 1.82) is 0 Å². The van der Waals surface area contributed by atoms with E-state index in [0.717, 1.165) is 38.5 Å². The minimum atomic E-state index is -0.859. The highest BCUT2D eigenvalue weighted by Crippen LogP contribution is 2.16. The van der Waals surface area contributed by atoms with Gasteiger partial charge in [-0.2, -0.15) is 0 Å². The molecule has 0 saturated heterocycles. The topological polar surface area (TPSA) is 69.6 Å². The number of aliphatic hydroxyl groups is 2. The number of hydrogen-bond acceptors (Lipinski definition) is 3. The average molecular weight is 826 g/mol. The zero-order chi connectivity index (χ0) is 42.8. The fourth-order valence-corrected chi connectivity index (χ4v) is 7.99. The molecule has 0 spiro atoms. The summed E-state index contributed by atoms with van der Waals surface area (Å²) < 4.78 is 0. The Morgan fingerprint density at radius 2 is 0.712 bits per heavy atom. The molecule has 0 saturated carbocycles. The predicted molar refractivity (Wildman–Crippen MR) is 262 cm³/mol. The Kier molecular flexibility index (Phi) is 49.3. The lowest BCUT2D eigenvalue weighted by Gasteiger charge is -2.19. The van der Waals surface area contributed by atoms with Crippen molar-refractivity contribution in [3.05, 3.63) is 48.6 Å². The molecule has 0 fully saturated rings. The van der Waals surface area contributed by atoms with Crippen LogP contribution in [-0.2, 0) is 4.79 Å². The van der Waals surface area contributed by atoms with E-state index in [1.807, 2.05) is 6.08 Å². The molecule has 0 aromatic carbocycles. The highest BCUT2D eigenvalue weighted by molar-refractivity contribution is 5.76. The van der Waals surface area contributed by atoms with E-state index in [-0.39, 0.29) is 12.5 Å². The molecule has 2 unspecified atom stereocenters. The standard InChI is InChI=1S/C55H103NO3/c1-3-5-7-9-11-13-15-17-18-19-20-21-22-23-24-25-26-27-28-29-30-31-32-33-34-35-36-37-38-39-41-43-45-47-49-51-55(59)56-53(52-57)54(58)50-48-46-44-42-40-16-14-12-10-8-6-4-2/h15,17,19-20,40,42,48,50,53-54,57-58H,3-14,16,18,21-39,41,43-47,49,51-52H2,1-2H3,(H,56,59)/b17-15-,20-19-,42-40+,50-48+. The summed E-state index contributed by atoms with van der Waals surface area (Å²) in [7, 11) is 0. The number of carbonyl (C=O) groups is 1. The minimum Gasteiger partial charge on any atom is -0.394 e. The van der Waals surface area contributed by atoms with Crippen molar-refractivity contribution in [2.45, 2.75) is 289 Å². The van der Waals surface area contributed by atoms with Gasteiger partial charge in [-0.3, -0.25) is 4.79 Å². The quantitative estimate of drug-likeness (QED) is 0.0423. The fourth-order valence-electron chi connectivity index (χ4n) is 7.99. The highest BCUT2D eigenvalue weighted by Gasteiger charge is 2.17. The van der Waals surface area contributed by atoms with Gasteiger partial charge in [-0.1, -0.05) is 255 Å². The molecule has 0 aliphatic rings. The first kappa shape index (κ1) is 57.3. The van der Waals surface area contributed by atoms with E-state index >= 15 is 0 Å². The largest absolute Gasteiger partial charge is 0.394 e. The molecule has 0 radical (unpaired) electrons. The SMILES string of the molecule is CCCCCCC/C=C\C/C=C\CCCCCCCCCCCCCCCCCCCCCCCCCC(=O)NC(CO)C(O)/C=C/CC/C=C/CCCCCCCC. The predicted octanol–water partition coefficient (Wildman–Crippen LogP) is 17.1. The van der Waals surface area contributed by atoms with Crippen molar-refractivity contribution in [1.82, 2.24) is 5.32 Å². The van der Waals surface area contributed by atoms with Crippen LogP contribution in [0.15, 0.2) is 48.6 Å². The molecule has 346 valence electrons. The molecule has 3 N–H and O–H groups in total. The first-order valence-electron chi connectivity index (χ1n) is 26.4. The van der Waals surface area contributed by atoms with E-state index in [4.69, 9.17) is 0 Å². The molecule has 4 nitrogen and oxygen atoms in total. The molecule has 0 aliphatic heterocycles. The second kappa shape index (κ2) is 50.7. The van der Waals surface area contributed by atoms with Crippen LogP contribution in [0.5, 0.6) is 0 Å². The van der Waals surface area contributed by atoms with Gasteiger partial charge in [0.1, 0.15) is 0 Å². The first-order chi connectivity index (χ1) is 29.2. The second-order valence-electron chi connectivity index (χ2n) is 17.9. The third-order valence-electron chi connectivity index (χ3n) is 12.0. The van der Waals surface area contributed by atoms with Crippen LogP contribution in [0.3, 0.4) is 0 Å². The minimum absolute atomic E-state index is 0.0717. The van der Waals surface area contributed by atoms with E-state index in [0.29, 0.717) is 6.42 Å².